The number of aryl methyl sites for hydroxylation is 2. The van der Waals surface area contributed by atoms with Gasteiger partial charge in [0.15, 0.2) is 0 Å². The quantitative estimate of drug-likeness (QED) is 0.713. The molecule has 0 radical (unpaired) electrons. The summed E-state index contributed by atoms with van der Waals surface area (Å²) in [4.78, 5) is 2.47. The van der Waals surface area contributed by atoms with E-state index in [-0.39, 0.29) is 0 Å². The second kappa shape index (κ2) is 8.00. The minimum atomic E-state index is 0.823. The SMILES string of the molecule is c1ccc(CCCOCCN2CCCc3ccccc32)cc1. The maximum atomic E-state index is 5.83. The van der Waals surface area contributed by atoms with E-state index in [0.717, 1.165) is 39.1 Å². The molecule has 2 heteroatoms. The molecule has 0 N–H and O–H groups in total. The summed E-state index contributed by atoms with van der Waals surface area (Å²) in [7, 11) is 0. The van der Waals surface area contributed by atoms with Gasteiger partial charge in [-0.25, -0.2) is 0 Å². The second-order valence-electron chi connectivity index (χ2n) is 5.92. The molecule has 0 atom stereocenters. The van der Waals surface area contributed by atoms with E-state index < -0.39 is 0 Å². The molecule has 0 bridgehead atoms. The smallest absolute Gasteiger partial charge is 0.0641 e. The van der Waals surface area contributed by atoms with Crippen molar-refractivity contribution >= 4 is 5.69 Å². The Balaban J connectivity index is 1.36. The lowest BCUT2D eigenvalue weighted by molar-refractivity contribution is 0.137. The van der Waals surface area contributed by atoms with E-state index in [1.54, 1.807) is 0 Å². The van der Waals surface area contributed by atoms with Crippen molar-refractivity contribution in [3.05, 3.63) is 65.7 Å². The molecule has 0 amide bonds. The molecule has 0 spiro atoms. The molecule has 2 aromatic carbocycles. The van der Waals surface area contributed by atoms with Gasteiger partial charge >= 0.3 is 0 Å². The van der Waals surface area contributed by atoms with Gasteiger partial charge in [-0.15, -0.1) is 0 Å². The summed E-state index contributed by atoms with van der Waals surface area (Å²) in [6.07, 6.45) is 4.67. The molecule has 0 unspecified atom stereocenters. The molecule has 0 saturated heterocycles. The Morgan fingerprint density at radius 2 is 1.73 bits per heavy atom. The molecule has 0 fully saturated rings. The van der Waals surface area contributed by atoms with E-state index in [1.807, 2.05) is 0 Å². The van der Waals surface area contributed by atoms with E-state index in [1.165, 1.54) is 29.7 Å². The van der Waals surface area contributed by atoms with Crippen LogP contribution in [0.2, 0.25) is 0 Å². The van der Waals surface area contributed by atoms with Crippen LogP contribution < -0.4 is 4.90 Å². The lowest BCUT2D eigenvalue weighted by Gasteiger charge is -2.31. The normalized spacial score (nSPS) is 13.9. The molecule has 1 aliphatic rings. The van der Waals surface area contributed by atoms with E-state index >= 15 is 0 Å². The minimum Gasteiger partial charge on any atom is -0.380 e. The minimum absolute atomic E-state index is 0.823. The number of ether oxygens (including phenoxy) is 1. The van der Waals surface area contributed by atoms with Crippen LogP contribution in [0.1, 0.15) is 24.0 Å². The fourth-order valence-electron chi connectivity index (χ4n) is 3.14. The van der Waals surface area contributed by atoms with Crippen molar-refractivity contribution in [3.63, 3.8) is 0 Å². The first-order valence-corrected chi connectivity index (χ1v) is 8.38. The van der Waals surface area contributed by atoms with Crippen LogP contribution in [0.4, 0.5) is 5.69 Å². The number of hydrogen-bond acceptors (Lipinski definition) is 2. The van der Waals surface area contributed by atoms with Crippen molar-refractivity contribution in [3.8, 4) is 0 Å². The van der Waals surface area contributed by atoms with Crippen LogP contribution in [0.5, 0.6) is 0 Å². The summed E-state index contributed by atoms with van der Waals surface area (Å²) >= 11 is 0. The van der Waals surface area contributed by atoms with Crippen molar-refractivity contribution in [2.24, 2.45) is 0 Å². The Hall–Kier alpha value is -1.80. The first kappa shape index (κ1) is 15.1. The summed E-state index contributed by atoms with van der Waals surface area (Å²) < 4.78 is 5.83. The number of fused-ring (bicyclic) bond motifs is 1. The first-order chi connectivity index (χ1) is 10.9. The molecule has 1 heterocycles. The molecule has 22 heavy (non-hydrogen) atoms. The highest BCUT2D eigenvalue weighted by molar-refractivity contribution is 5.55. The number of nitrogens with zero attached hydrogens (tertiary/aromatic N) is 1. The monoisotopic (exact) mass is 295 g/mol. The zero-order chi connectivity index (χ0) is 15.0. The van der Waals surface area contributed by atoms with Gasteiger partial charge in [0.05, 0.1) is 6.61 Å². The number of anilines is 1. The highest BCUT2D eigenvalue weighted by Crippen LogP contribution is 2.26. The zero-order valence-corrected chi connectivity index (χ0v) is 13.2. The van der Waals surface area contributed by atoms with E-state index in [4.69, 9.17) is 4.74 Å². The van der Waals surface area contributed by atoms with Crippen LogP contribution in [0.15, 0.2) is 54.6 Å². The average molecular weight is 295 g/mol. The maximum absolute atomic E-state index is 5.83. The van der Waals surface area contributed by atoms with Crippen molar-refractivity contribution in [2.75, 3.05) is 31.2 Å². The van der Waals surface area contributed by atoms with E-state index in [0.29, 0.717) is 0 Å². The van der Waals surface area contributed by atoms with Gasteiger partial charge in [0.1, 0.15) is 0 Å². The van der Waals surface area contributed by atoms with Gasteiger partial charge in [-0.1, -0.05) is 48.5 Å². The largest absolute Gasteiger partial charge is 0.380 e. The van der Waals surface area contributed by atoms with Crippen LogP contribution in [0.25, 0.3) is 0 Å². The van der Waals surface area contributed by atoms with Crippen LogP contribution in [0.3, 0.4) is 0 Å². The van der Waals surface area contributed by atoms with E-state index in [2.05, 4.69) is 59.5 Å². The Bertz CT molecular complexity index is 567. The number of hydrogen-bond donors (Lipinski definition) is 0. The molecule has 0 aromatic heterocycles. The fourth-order valence-corrected chi connectivity index (χ4v) is 3.14. The molecule has 3 rings (SSSR count). The summed E-state index contributed by atoms with van der Waals surface area (Å²) in [5.74, 6) is 0. The zero-order valence-electron chi connectivity index (χ0n) is 13.2. The van der Waals surface area contributed by atoms with Crippen LogP contribution in [0, 0.1) is 0 Å². The van der Waals surface area contributed by atoms with Gasteiger partial charge in [0, 0.05) is 25.4 Å². The molecule has 2 aromatic rings. The van der Waals surface area contributed by atoms with Crippen molar-refractivity contribution in [1.29, 1.82) is 0 Å². The fraction of sp³-hybridized carbons (Fsp3) is 0.400. The molecule has 1 aliphatic heterocycles. The van der Waals surface area contributed by atoms with Crippen LogP contribution in [-0.4, -0.2) is 26.3 Å². The molecule has 116 valence electrons. The summed E-state index contributed by atoms with van der Waals surface area (Å²) in [6.45, 7) is 3.83. The van der Waals surface area contributed by atoms with Gasteiger partial charge in [-0.3, -0.25) is 0 Å². The summed E-state index contributed by atoms with van der Waals surface area (Å²) in [5.41, 5.74) is 4.29. The predicted octanol–water partition coefficient (Wildman–Crippen LogP) is 4.09. The van der Waals surface area contributed by atoms with Crippen molar-refractivity contribution < 1.29 is 4.74 Å². The Kier molecular flexibility index (Phi) is 5.49. The van der Waals surface area contributed by atoms with E-state index in [9.17, 15) is 0 Å². The third-order valence-electron chi connectivity index (χ3n) is 4.31. The van der Waals surface area contributed by atoms with Crippen LogP contribution >= 0.6 is 0 Å². The Morgan fingerprint density at radius 3 is 2.64 bits per heavy atom. The molecule has 0 saturated carbocycles. The first-order valence-electron chi connectivity index (χ1n) is 8.38. The Morgan fingerprint density at radius 1 is 0.909 bits per heavy atom. The third kappa shape index (κ3) is 4.11. The maximum Gasteiger partial charge on any atom is 0.0641 e. The number of benzene rings is 2. The third-order valence-corrected chi connectivity index (χ3v) is 4.31. The molecular weight excluding hydrogens is 270 g/mol. The topological polar surface area (TPSA) is 12.5 Å². The van der Waals surface area contributed by atoms with Gasteiger partial charge in [-0.2, -0.15) is 0 Å². The molecule has 0 aliphatic carbocycles. The van der Waals surface area contributed by atoms with Gasteiger partial charge in [0.2, 0.25) is 0 Å². The van der Waals surface area contributed by atoms with Gasteiger partial charge in [-0.05, 0) is 42.9 Å². The predicted molar refractivity (Wildman–Crippen MR) is 92.6 cm³/mol. The standard InChI is InChI=1S/C20H25NO/c1-2-8-18(9-3-1)10-7-16-22-17-15-21-14-6-12-19-11-4-5-13-20(19)21/h1-5,8-9,11,13H,6-7,10,12,14-17H2. The highest BCUT2D eigenvalue weighted by Gasteiger charge is 2.15. The summed E-state index contributed by atoms with van der Waals surface area (Å²) in [5, 5.41) is 0. The van der Waals surface area contributed by atoms with Crippen molar-refractivity contribution in [1.82, 2.24) is 0 Å². The number of rotatable bonds is 7. The molecular formula is C20H25NO. The lowest BCUT2D eigenvalue weighted by atomic mass is 10.0. The van der Waals surface area contributed by atoms with Gasteiger partial charge < -0.3 is 9.64 Å². The summed E-state index contributed by atoms with van der Waals surface area (Å²) in [6, 6.07) is 19.4. The van der Waals surface area contributed by atoms with Gasteiger partial charge in [0.25, 0.3) is 0 Å². The number of para-hydroxylation sites is 1. The van der Waals surface area contributed by atoms with Crippen LogP contribution in [-0.2, 0) is 17.6 Å². The molecule has 2 nitrogen and oxygen atoms in total. The second-order valence-corrected chi connectivity index (χ2v) is 5.92. The average Bonchev–Trinajstić information content (AvgIpc) is 2.59. The lowest BCUT2D eigenvalue weighted by Crippen LogP contribution is -2.32. The highest BCUT2D eigenvalue weighted by atomic mass is 16.5. The Labute approximate surface area is 133 Å². The van der Waals surface area contributed by atoms with Crippen molar-refractivity contribution in [2.45, 2.75) is 25.7 Å².